The fraction of sp³-hybridized carbons (Fsp3) is 0.100. The Morgan fingerprint density at radius 1 is 1.00 bits per heavy atom. The van der Waals surface area contributed by atoms with Gasteiger partial charge in [0, 0.05) is 11.9 Å². The third-order valence-corrected chi connectivity index (χ3v) is 6.16. The molecule has 0 bridgehead atoms. The third-order valence-electron chi connectivity index (χ3n) is 4.27. The van der Waals surface area contributed by atoms with Crippen LogP contribution in [0.25, 0.3) is 32.5 Å². The van der Waals surface area contributed by atoms with Crippen LogP contribution in [0.1, 0.15) is 5.56 Å². The molecular formula is C20H13Cl2F2N3S. The van der Waals surface area contributed by atoms with Gasteiger partial charge < -0.3 is 0 Å². The Morgan fingerprint density at radius 2 is 1.79 bits per heavy atom. The summed E-state index contributed by atoms with van der Waals surface area (Å²) in [5, 5.41) is 4.67. The van der Waals surface area contributed by atoms with Crippen LogP contribution in [0.4, 0.5) is 8.78 Å². The van der Waals surface area contributed by atoms with Crippen molar-refractivity contribution in [1.29, 1.82) is 0 Å². The molecule has 0 aliphatic heterocycles. The zero-order chi connectivity index (χ0) is 20.0. The van der Waals surface area contributed by atoms with Crippen molar-refractivity contribution in [3.8, 4) is 32.5 Å². The molecule has 4 aromatic rings. The Bertz CT molecular complexity index is 1180. The number of hydrogen-bond acceptors (Lipinski definition) is 3. The summed E-state index contributed by atoms with van der Waals surface area (Å²) in [7, 11) is 1.74. The molecule has 142 valence electrons. The lowest BCUT2D eigenvalue weighted by atomic mass is 10.1. The van der Waals surface area contributed by atoms with Gasteiger partial charge in [-0.1, -0.05) is 35.3 Å². The number of thiophene rings is 1. The summed E-state index contributed by atoms with van der Waals surface area (Å²) in [5.41, 5.74) is 1.96. The zero-order valence-corrected chi connectivity index (χ0v) is 17.1. The maximum atomic E-state index is 14.2. The van der Waals surface area contributed by atoms with Crippen LogP contribution in [0.15, 0.2) is 42.5 Å². The van der Waals surface area contributed by atoms with Gasteiger partial charge >= 0.3 is 0 Å². The first kappa shape index (κ1) is 19.1. The van der Waals surface area contributed by atoms with Gasteiger partial charge in [-0.2, -0.15) is 5.10 Å². The highest BCUT2D eigenvalue weighted by Gasteiger charge is 2.20. The van der Waals surface area contributed by atoms with E-state index in [1.807, 2.05) is 13.0 Å². The van der Waals surface area contributed by atoms with Crippen LogP contribution in [0.3, 0.4) is 0 Å². The molecule has 0 amide bonds. The normalized spacial score (nSPS) is 11.2. The van der Waals surface area contributed by atoms with Gasteiger partial charge in [-0.05, 0) is 48.4 Å². The number of benzene rings is 2. The van der Waals surface area contributed by atoms with Gasteiger partial charge in [0.1, 0.15) is 11.6 Å². The lowest BCUT2D eigenvalue weighted by molar-refractivity contribution is 0.628. The van der Waals surface area contributed by atoms with E-state index in [4.69, 9.17) is 23.2 Å². The fourth-order valence-corrected chi connectivity index (χ4v) is 4.51. The third kappa shape index (κ3) is 3.32. The number of halogens is 4. The van der Waals surface area contributed by atoms with Gasteiger partial charge in [0.2, 0.25) is 0 Å². The Kier molecular flexibility index (Phi) is 4.95. The predicted molar refractivity (Wildman–Crippen MR) is 110 cm³/mol. The van der Waals surface area contributed by atoms with Crippen molar-refractivity contribution in [3.05, 3.63) is 69.7 Å². The number of aromatic nitrogens is 3. The van der Waals surface area contributed by atoms with E-state index in [1.54, 1.807) is 29.9 Å². The van der Waals surface area contributed by atoms with Crippen LogP contribution in [0, 0.1) is 18.6 Å². The monoisotopic (exact) mass is 435 g/mol. The molecule has 0 saturated carbocycles. The number of nitrogens with zero attached hydrogens (tertiary/aromatic N) is 3. The smallest absolute Gasteiger partial charge is 0.186 e. The maximum absolute atomic E-state index is 14.2. The highest BCUT2D eigenvalue weighted by molar-refractivity contribution is 7.19. The van der Waals surface area contributed by atoms with E-state index in [0.717, 1.165) is 20.9 Å². The largest absolute Gasteiger partial charge is 0.248 e. The van der Waals surface area contributed by atoms with Crippen LogP contribution < -0.4 is 0 Å². The minimum Gasteiger partial charge on any atom is -0.248 e. The van der Waals surface area contributed by atoms with E-state index in [0.29, 0.717) is 5.82 Å². The highest BCUT2D eigenvalue weighted by atomic mass is 35.5. The minimum absolute atomic E-state index is 0.0697. The van der Waals surface area contributed by atoms with Crippen LogP contribution in [-0.4, -0.2) is 14.8 Å². The zero-order valence-electron chi connectivity index (χ0n) is 14.8. The Balaban J connectivity index is 1.79. The number of rotatable bonds is 3. The topological polar surface area (TPSA) is 30.7 Å². The van der Waals surface area contributed by atoms with E-state index in [1.165, 1.54) is 29.5 Å². The second kappa shape index (κ2) is 7.28. The summed E-state index contributed by atoms with van der Waals surface area (Å²) < 4.78 is 29.3. The van der Waals surface area contributed by atoms with Crippen LogP contribution in [0.2, 0.25) is 10.0 Å². The molecule has 0 spiro atoms. The standard InChI is InChI=1S/C20H13Cl2F2N3S/c1-10-8-16(11-6-7-14(23)13(22)9-11)28-18(10)20-25-19(26-27(20)2)17-12(21)4-3-5-15(17)24/h3-9H,1-2H3. The second-order valence-corrected chi connectivity index (χ2v) is 8.10. The van der Waals surface area contributed by atoms with Gasteiger partial charge in [-0.25, -0.2) is 18.4 Å². The minimum atomic E-state index is -0.478. The van der Waals surface area contributed by atoms with Crippen molar-refractivity contribution in [2.75, 3.05) is 0 Å². The lowest BCUT2D eigenvalue weighted by Gasteiger charge is -2.00. The van der Waals surface area contributed by atoms with Crippen molar-refractivity contribution in [3.63, 3.8) is 0 Å². The summed E-state index contributed by atoms with van der Waals surface area (Å²) in [4.78, 5) is 6.32. The van der Waals surface area contributed by atoms with E-state index in [9.17, 15) is 8.78 Å². The summed E-state index contributed by atoms with van der Waals surface area (Å²) in [6.07, 6.45) is 0. The van der Waals surface area contributed by atoms with E-state index in [-0.39, 0.29) is 21.4 Å². The molecule has 4 rings (SSSR count). The Morgan fingerprint density at radius 3 is 2.50 bits per heavy atom. The first-order chi connectivity index (χ1) is 13.3. The maximum Gasteiger partial charge on any atom is 0.186 e. The van der Waals surface area contributed by atoms with Crippen LogP contribution in [0.5, 0.6) is 0 Å². The molecule has 0 atom stereocenters. The molecule has 0 fully saturated rings. The summed E-state index contributed by atoms with van der Waals surface area (Å²) in [6, 6.07) is 11.0. The fourth-order valence-electron chi connectivity index (χ4n) is 2.90. The Labute approximate surface area is 174 Å². The molecular weight excluding hydrogens is 423 g/mol. The van der Waals surface area contributed by atoms with E-state index in [2.05, 4.69) is 10.1 Å². The van der Waals surface area contributed by atoms with Crippen molar-refractivity contribution in [1.82, 2.24) is 14.8 Å². The molecule has 0 saturated heterocycles. The summed E-state index contributed by atoms with van der Waals surface area (Å²) >= 11 is 13.5. The van der Waals surface area contributed by atoms with Crippen molar-refractivity contribution < 1.29 is 8.78 Å². The highest BCUT2D eigenvalue weighted by Crippen LogP contribution is 2.39. The average Bonchev–Trinajstić information content (AvgIpc) is 3.20. The molecule has 8 heteroatoms. The molecule has 0 aliphatic carbocycles. The van der Waals surface area contributed by atoms with Gasteiger partial charge in [0.05, 0.1) is 20.5 Å². The first-order valence-electron chi connectivity index (χ1n) is 8.27. The summed E-state index contributed by atoms with van der Waals surface area (Å²) in [6.45, 7) is 1.95. The molecule has 2 aromatic carbocycles. The van der Waals surface area contributed by atoms with Gasteiger partial charge in [-0.15, -0.1) is 11.3 Å². The molecule has 28 heavy (non-hydrogen) atoms. The van der Waals surface area contributed by atoms with Crippen LogP contribution >= 0.6 is 34.5 Å². The molecule has 0 radical (unpaired) electrons. The molecule has 2 aromatic heterocycles. The molecule has 0 unspecified atom stereocenters. The summed E-state index contributed by atoms with van der Waals surface area (Å²) in [5.74, 6) is -0.121. The molecule has 0 aliphatic rings. The van der Waals surface area contributed by atoms with Gasteiger partial charge in [-0.3, -0.25) is 0 Å². The predicted octanol–water partition coefficient (Wildman–Crippen LogP) is 6.77. The number of aryl methyl sites for hydroxylation is 2. The van der Waals surface area contributed by atoms with Crippen molar-refractivity contribution in [2.24, 2.45) is 7.05 Å². The molecule has 3 nitrogen and oxygen atoms in total. The van der Waals surface area contributed by atoms with E-state index < -0.39 is 11.6 Å². The van der Waals surface area contributed by atoms with Crippen molar-refractivity contribution in [2.45, 2.75) is 6.92 Å². The van der Waals surface area contributed by atoms with E-state index >= 15 is 0 Å². The van der Waals surface area contributed by atoms with Crippen molar-refractivity contribution >= 4 is 34.5 Å². The average molecular weight is 436 g/mol. The number of hydrogen-bond donors (Lipinski definition) is 0. The Hall–Kier alpha value is -2.28. The SMILES string of the molecule is Cc1cc(-c2ccc(F)c(Cl)c2)sc1-c1nc(-c2c(F)cccc2Cl)nn1C. The van der Waals surface area contributed by atoms with Gasteiger partial charge in [0.15, 0.2) is 11.6 Å². The lowest BCUT2D eigenvalue weighted by Crippen LogP contribution is -1.94. The first-order valence-corrected chi connectivity index (χ1v) is 9.84. The van der Waals surface area contributed by atoms with Gasteiger partial charge in [0.25, 0.3) is 0 Å². The second-order valence-electron chi connectivity index (χ2n) is 6.23. The quantitative estimate of drug-likeness (QED) is 0.355. The van der Waals surface area contributed by atoms with Crippen LogP contribution in [-0.2, 0) is 7.05 Å². The molecule has 2 heterocycles. The molecule has 0 N–H and O–H groups in total.